The first-order valence-electron chi connectivity index (χ1n) is 6.22. The molecule has 25 heavy (non-hydrogen) atoms. The summed E-state index contributed by atoms with van der Waals surface area (Å²) in [5, 5.41) is 16.3. The Kier molecular flexibility index (Phi) is 9.53. The molecule has 0 saturated heterocycles. The summed E-state index contributed by atoms with van der Waals surface area (Å²) in [5.74, 6) is -4.51. The van der Waals surface area contributed by atoms with Gasteiger partial charge in [0.05, 0.1) is 17.7 Å². The second-order valence-corrected chi connectivity index (χ2v) is 8.29. The summed E-state index contributed by atoms with van der Waals surface area (Å²) in [5.41, 5.74) is -1.00. The van der Waals surface area contributed by atoms with E-state index in [0.717, 1.165) is 6.08 Å². The molecule has 0 aromatic heterocycles. The second-order valence-electron chi connectivity index (χ2n) is 5.24. The topological polar surface area (TPSA) is 212 Å². The van der Waals surface area contributed by atoms with Crippen molar-refractivity contribution in [3.8, 4) is 0 Å². The van der Waals surface area contributed by atoms with Crippen molar-refractivity contribution >= 4 is 38.1 Å². The molecule has 0 fully saturated rings. The van der Waals surface area contributed by atoms with Crippen molar-refractivity contribution in [2.45, 2.75) is 31.1 Å². The molecule has 146 valence electrons. The fourth-order valence-electron chi connectivity index (χ4n) is 1.36. The van der Waals surface area contributed by atoms with Crippen molar-refractivity contribution < 1.29 is 50.5 Å². The van der Waals surface area contributed by atoms with Crippen LogP contribution in [0.4, 0.5) is 0 Å². The highest BCUT2D eigenvalue weighted by molar-refractivity contribution is 7.87. The predicted molar refractivity (Wildman–Crippen MR) is 84.1 cm³/mol. The number of carbonyl (C=O) groups is 3. The van der Waals surface area contributed by atoms with Crippen LogP contribution < -0.4 is 5.32 Å². The number of carbonyl (C=O) groups excluding carboxylic acids is 1. The summed E-state index contributed by atoms with van der Waals surface area (Å²) >= 11 is 0. The van der Waals surface area contributed by atoms with Gasteiger partial charge in [-0.05, 0) is 19.9 Å². The van der Waals surface area contributed by atoms with Gasteiger partial charge in [-0.25, -0.2) is 0 Å². The van der Waals surface area contributed by atoms with E-state index in [4.69, 9.17) is 19.3 Å². The molecular formula is C11H19NO11S2. The first kappa shape index (κ1) is 25.2. The van der Waals surface area contributed by atoms with Crippen molar-refractivity contribution in [1.29, 1.82) is 0 Å². The van der Waals surface area contributed by atoms with Gasteiger partial charge < -0.3 is 15.5 Å². The fraction of sp³-hybridized carbons (Fsp3) is 0.545. The summed E-state index contributed by atoms with van der Waals surface area (Å²) in [4.78, 5) is 30.8. The Morgan fingerprint density at radius 3 is 1.76 bits per heavy atom. The molecule has 1 amide bonds. The minimum atomic E-state index is -4.84. The number of amides is 1. The first-order valence-corrected chi connectivity index (χ1v) is 9.33. The Bertz CT molecular complexity index is 721. The Hall–Kier alpha value is -2.03. The minimum Gasteiger partial charge on any atom is -0.481 e. The molecular weight excluding hydrogens is 386 g/mol. The van der Waals surface area contributed by atoms with Crippen LogP contribution in [0.2, 0.25) is 0 Å². The smallest absolute Gasteiger partial charge is 0.325 e. The van der Waals surface area contributed by atoms with Gasteiger partial charge in [0.2, 0.25) is 5.91 Å². The van der Waals surface area contributed by atoms with Crippen LogP contribution in [0, 0.1) is 0 Å². The Balaban J connectivity index is 0. The third kappa shape index (κ3) is 14.1. The Morgan fingerprint density at radius 1 is 1.12 bits per heavy atom. The zero-order valence-electron chi connectivity index (χ0n) is 13.2. The van der Waals surface area contributed by atoms with Crippen molar-refractivity contribution in [3.63, 3.8) is 0 Å². The van der Waals surface area contributed by atoms with Gasteiger partial charge in [-0.1, -0.05) is 6.58 Å². The van der Waals surface area contributed by atoms with Crippen LogP contribution in [0.15, 0.2) is 12.7 Å². The average molecular weight is 405 g/mol. The normalized spacial score (nSPS) is 13.0. The van der Waals surface area contributed by atoms with E-state index < -0.39 is 61.0 Å². The standard InChI is InChI=1S/C7H13NO4S.C4H6O7S/c1-4-6(9)8-7(2,3)5-13(10,11)12;5-3(6)1-2(4(7)8)12(9,10)11/h4H,1,5H2,2-3H3,(H,8,9)(H,10,11,12);2H,1H2,(H,5,6)(H,7,8)(H,9,10,11). The summed E-state index contributed by atoms with van der Waals surface area (Å²) < 4.78 is 58.2. The zero-order chi connectivity index (χ0) is 20.6. The molecule has 0 radical (unpaired) electrons. The van der Waals surface area contributed by atoms with Crippen LogP contribution in [0.5, 0.6) is 0 Å². The number of carboxylic acids is 2. The molecule has 0 saturated carbocycles. The molecule has 0 heterocycles. The lowest BCUT2D eigenvalue weighted by molar-refractivity contribution is -0.143. The molecule has 0 bridgehead atoms. The van der Waals surface area contributed by atoms with Gasteiger partial charge in [-0.3, -0.25) is 23.5 Å². The number of hydrogen-bond donors (Lipinski definition) is 5. The Morgan fingerprint density at radius 2 is 1.56 bits per heavy atom. The molecule has 5 N–H and O–H groups in total. The van der Waals surface area contributed by atoms with E-state index >= 15 is 0 Å². The summed E-state index contributed by atoms with van der Waals surface area (Å²) in [6, 6.07) is 0. The lowest BCUT2D eigenvalue weighted by Gasteiger charge is -2.23. The molecule has 0 rings (SSSR count). The molecule has 1 atom stereocenters. The highest BCUT2D eigenvalue weighted by Crippen LogP contribution is 2.05. The second kappa shape index (κ2) is 9.45. The van der Waals surface area contributed by atoms with Gasteiger partial charge in [-0.15, -0.1) is 0 Å². The SMILES string of the molecule is C=CC(=O)NC(C)(C)CS(=O)(=O)O.O=C(O)CC(C(=O)O)S(=O)(=O)O. The molecule has 12 nitrogen and oxygen atoms in total. The highest BCUT2D eigenvalue weighted by Gasteiger charge is 2.33. The minimum absolute atomic E-state index is 0.478. The fourth-order valence-corrected chi connectivity index (χ4v) is 2.95. The number of nitrogens with one attached hydrogen (secondary N) is 1. The third-order valence-corrected chi connectivity index (χ3v) is 4.36. The maximum absolute atomic E-state index is 10.8. The molecule has 0 spiro atoms. The Labute approximate surface area is 144 Å². The monoisotopic (exact) mass is 405 g/mol. The van der Waals surface area contributed by atoms with Crippen molar-refractivity contribution in [2.75, 3.05) is 5.75 Å². The average Bonchev–Trinajstić information content (AvgIpc) is 2.31. The highest BCUT2D eigenvalue weighted by atomic mass is 32.2. The van der Waals surface area contributed by atoms with Gasteiger partial charge >= 0.3 is 11.9 Å². The summed E-state index contributed by atoms with van der Waals surface area (Å²) in [6.45, 7) is 6.19. The van der Waals surface area contributed by atoms with E-state index in [2.05, 4.69) is 11.9 Å². The number of rotatable bonds is 8. The van der Waals surface area contributed by atoms with Crippen LogP contribution in [0.3, 0.4) is 0 Å². The van der Waals surface area contributed by atoms with Crippen LogP contribution in [0.1, 0.15) is 20.3 Å². The molecule has 0 aliphatic rings. The van der Waals surface area contributed by atoms with Crippen molar-refractivity contribution in [2.24, 2.45) is 0 Å². The molecule has 14 heteroatoms. The number of hydrogen-bond acceptors (Lipinski definition) is 7. The van der Waals surface area contributed by atoms with Crippen LogP contribution >= 0.6 is 0 Å². The van der Waals surface area contributed by atoms with Gasteiger partial charge in [-0.2, -0.15) is 16.8 Å². The third-order valence-electron chi connectivity index (χ3n) is 2.19. The van der Waals surface area contributed by atoms with Gasteiger partial charge in [0.1, 0.15) is 0 Å². The maximum Gasteiger partial charge on any atom is 0.325 e. The van der Waals surface area contributed by atoms with E-state index in [0.29, 0.717) is 0 Å². The maximum atomic E-state index is 10.8. The van der Waals surface area contributed by atoms with Crippen LogP contribution in [-0.2, 0) is 34.6 Å². The van der Waals surface area contributed by atoms with E-state index in [9.17, 15) is 31.2 Å². The zero-order valence-corrected chi connectivity index (χ0v) is 14.9. The van der Waals surface area contributed by atoms with E-state index in [1.165, 1.54) is 13.8 Å². The first-order chi connectivity index (χ1) is 10.9. The van der Waals surface area contributed by atoms with E-state index in [1.807, 2.05) is 0 Å². The number of aliphatic carboxylic acids is 2. The molecule has 0 aromatic carbocycles. The van der Waals surface area contributed by atoms with Gasteiger partial charge in [0.25, 0.3) is 20.2 Å². The van der Waals surface area contributed by atoms with Gasteiger partial charge in [0.15, 0.2) is 5.25 Å². The summed E-state index contributed by atoms with van der Waals surface area (Å²) in [7, 11) is -8.92. The molecule has 0 aromatic rings. The lowest BCUT2D eigenvalue weighted by atomic mass is 10.1. The van der Waals surface area contributed by atoms with Crippen molar-refractivity contribution in [3.05, 3.63) is 12.7 Å². The van der Waals surface area contributed by atoms with E-state index in [1.54, 1.807) is 0 Å². The van der Waals surface area contributed by atoms with Crippen molar-refractivity contribution in [1.82, 2.24) is 5.32 Å². The van der Waals surface area contributed by atoms with Crippen LogP contribution in [-0.4, -0.2) is 70.5 Å². The lowest BCUT2D eigenvalue weighted by Crippen LogP contribution is -2.47. The molecule has 0 aliphatic heterocycles. The number of carboxylic acid groups (broad SMARTS) is 2. The summed E-state index contributed by atoms with van der Waals surface area (Å²) in [6.07, 6.45) is -0.125. The largest absolute Gasteiger partial charge is 0.481 e. The molecule has 1 unspecified atom stereocenters. The van der Waals surface area contributed by atoms with Gasteiger partial charge in [0, 0.05) is 0 Å². The van der Waals surface area contributed by atoms with E-state index in [-0.39, 0.29) is 0 Å². The van der Waals surface area contributed by atoms with Crippen LogP contribution in [0.25, 0.3) is 0 Å². The predicted octanol–water partition coefficient (Wildman–Crippen LogP) is -1.24. The quantitative estimate of drug-likeness (QED) is 0.238. The molecule has 0 aliphatic carbocycles.